The fourth-order valence-electron chi connectivity index (χ4n) is 3.05. The fraction of sp³-hybridized carbons (Fsp3) is 0.304. The van der Waals surface area contributed by atoms with Crippen LogP contribution in [0.4, 0.5) is 0 Å². The van der Waals surface area contributed by atoms with Crippen molar-refractivity contribution < 1.29 is 4.74 Å². The Morgan fingerprint density at radius 3 is 2.27 bits per heavy atom. The number of aryl methyl sites for hydroxylation is 2. The number of aliphatic imine (C=N–C) groups is 1. The molecule has 1 aromatic heterocycles. The van der Waals surface area contributed by atoms with Crippen LogP contribution in [0.15, 0.2) is 59.6 Å². The number of benzene rings is 2. The molecular weight excluding hydrogens is 489 g/mol. The number of aromatic nitrogens is 2. The highest BCUT2D eigenvalue weighted by Crippen LogP contribution is 2.21. The molecule has 0 bridgehead atoms. The molecule has 0 radical (unpaired) electrons. The van der Waals surface area contributed by atoms with E-state index in [2.05, 4.69) is 29.6 Å². The lowest BCUT2D eigenvalue weighted by Gasteiger charge is -2.12. The maximum atomic E-state index is 5.84. The zero-order chi connectivity index (χ0) is 20.6. The highest BCUT2D eigenvalue weighted by atomic mass is 127. The van der Waals surface area contributed by atoms with Crippen LogP contribution in [-0.4, -0.2) is 22.3 Å². The van der Waals surface area contributed by atoms with Crippen molar-refractivity contribution in [3.05, 3.63) is 77.1 Å². The summed E-state index contributed by atoms with van der Waals surface area (Å²) < 4.78 is 7.75. The van der Waals surface area contributed by atoms with E-state index in [-0.39, 0.29) is 24.0 Å². The monoisotopic (exact) mass is 519 g/mol. The van der Waals surface area contributed by atoms with E-state index in [1.54, 1.807) is 0 Å². The number of nitrogens with zero attached hydrogens (tertiary/aromatic N) is 3. The minimum Gasteiger partial charge on any atom is -0.457 e. The molecule has 160 valence electrons. The third-order valence-corrected chi connectivity index (χ3v) is 4.76. The molecule has 3 rings (SSSR count). The topological polar surface area (TPSA) is 63.5 Å². The van der Waals surface area contributed by atoms with Gasteiger partial charge in [0.2, 0.25) is 0 Å². The molecule has 0 saturated heterocycles. The van der Waals surface area contributed by atoms with Crippen molar-refractivity contribution in [2.75, 3.05) is 6.54 Å². The van der Waals surface area contributed by atoms with Gasteiger partial charge in [-0.1, -0.05) is 30.3 Å². The second-order valence-corrected chi connectivity index (χ2v) is 6.88. The molecule has 7 heteroatoms. The first-order valence-electron chi connectivity index (χ1n) is 9.90. The van der Waals surface area contributed by atoms with Crippen molar-refractivity contribution in [1.82, 2.24) is 20.4 Å². The average Bonchev–Trinajstić information content (AvgIpc) is 2.97. The Morgan fingerprint density at radius 2 is 1.67 bits per heavy atom. The van der Waals surface area contributed by atoms with E-state index in [1.165, 1.54) is 11.3 Å². The molecule has 0 saturated carbocycles. The van der Waals surface area contributed by atoms with Crippen LogP contribution in [0.2, 0.25) is 0 Å². The summed E-state index contributed by atoms with van der Waals surface area (Å²) in [6.07, 6.45) is 0. The molecule has 1 heterocycles. The van der Waals surface area contributed by atoms with Crippen LogP contribution in [0.5, 0.6) is 11.5 Å². The van der Waals surface area contributed by atoms with Crippen LogP contribution < -0.4 is 15.4 Å². The van der Waals surface area contributed by atoms with E-state index in [9.17, 15) is 0 Å². The number of para-hydroxylation sites is 1. The van der Waals surface area contributed by atoms with Gasteiger partial charge in [-0.25, -0.2) is 4.99 Å². The molecule has 0 spiro atoms. The molecular formula is C23H30IN5O. The Kier molecular flexibility index (Phi) is 9.16. The first-order valence-corrected chi connectivity index (χ1v) is 9.90. The first-order chi connectivity index (χ1) is 14.1. The molecule has 0 fully saturated rings. The van der Waals surface area contributed by atoms with Gasteiger partial charge in [0, 0.05) is 31.4 Å². The SMILES string of the molecule is CCNC(=NCc1ccc(Oc2ccccc2)cc1)NCc1c(C)nn(C)c1C.I. The summed E-state index contributed by atoms with van der Waals surface area (Å²) >= 11 is 0. The van der Waals surface area contributed by atoms with Crippen LogP contribution in [0.25, 0.3) is 0 Å². The van der Waals surface area contributed by atoms with Gasteiger partial charge >= 0.3 is 0 Å². The molecule has 0 aliphatic carbocycles. The van der Waals surface area contributed by atoms with E-state index >= 15 is 0 Å². The molecule has 6 nitrogen and oxygen atoms in total. The second-order valence-electron chi connectivity index (χ2n) is 6.88. The summed E-state index contributed by atoms with van der Waals surface area (Å²) in [5.74, 6) is 2.44. The van der Waals surface area contributed by atoms with E-state index in [0.29, 0.717) is 13.1 Å². The molecule has 0 aliphatic heterocycles. The maximum absolute atomic E-state index is 5.84. The van der Waals surface area contributed by atoms with Crippen molar-refractivity contribution in [1.29, 1.82) is 0 Å². The number of nitrogens with one attached hydrogen (secondary N) is 2. The Hall–Kier alpha value is -2.55. The molecule has 0 unspecified atom stereocenters. The second kappa shape index (κ2) is 11.6. The first kappa shape index (κ1) is 23.7. The summed E-state index contributed by atoms with van der Waals surface area (Å²) in [4.78, 5) is 4.70. The largest absolute Gasteiger partial charge is 0.457 e. The molecule has 3 aromatic rings. The number of ether oxygens (including phenoxy) is 1. The number of hydrogen-bond donors (Lipinski definition) is 2. The molecule has 2 N–H and O–H groups in total. The Balaban J connectivity index is 0.00000320. The van der Waals surface area contributed by atoms with Crippen LogP contribution in [-0.2, 0) is 20.1 Å². The summed E-state index contributed by atoms with van der Waals surface area (Å²) in [5.41, 5.74) is 4.54. The number of guanidine groups is 1. The van der Waals surface area contributed by atoms with Crippen molar-refractivity contribution in [2.45, 2.75) is 33.9 Å². The van der Waals surface area contributed by atoms with Crippen LogP contribution in [0.3, 0.4) is 0 Å². The molecule has 0 atom stereocenters. The number of hydrogen-bond acceptors (Lipinski definition) is 3. The minimum atomic E-state index is 0. The van der Waals surface area contributed by atoms with Crippen molar-refractivity contribution in [2.24, 2.45) is 12.0 Å². The quantitative estimate of drug-likeness (QED) is 0.270. The fourth-order valence-corrected chi connectivity index (χ4v) is 3.05. The van der Waals surface area contributed by atoms with Gasteiger partial charge in [0.25, 0.3) is 0 Å². The van der Waals surface area contributed by atoms with Crippen molar-refractivity contribution >= 4 is 29.9 Å². The lowest BCUT2D eigenvalue weighted by atomic mass is 10.2. The average molecular weight is 519 g/mol. The summed E-state index contributed by atoms with van der Waals surface area (Å²) in [6, 6.07) is 17.8. The minimum absolute atomic E-state index is 0. The zero-order valence-electron chi connectivity index (χ0n) is 18.0. The van der Waals surface area contributed by atoms with Gasteiger partial charge in [-0.3, -0.25) is 4.68 Å². The molecule has 2 aromatic carbocycles. The predicted octanol–water partition coefficient (Wildman–Crippen LogP) is 4.70. The predicted molar refractivity (Wildman–Crippen MR) is 133 cm³/mol. The third kappa shape index (κ3) is 6.48. The van der Waals surface area contributed by atoms with Gasteiger partial charge in [0.15, 0.2) is 5.96 Å². The molecule has 0 aliphatic rings. The third-order valence-electron chi connectivity index (χ3n) is 4.76. The van der Waals surface area contributed by atoms with Gasteiger partial charge in [-0.05, 0) is 50.6 Å². The van der Waals surface area contributed by atoms with Gasteiger partial charge < -0.3 is 15.4 Å². The Labute approximate surface area is 195 Å². The van der Waals surface area contributed by atoms with Crippen LogP contribution in [0, 0.1) is 13.8 Å². The smallest absolute Gasteiger partial charge is 0.191 e. The zero-order valence-corrected chi connectivity index (χ0v) is 20.3. The molecule has 30 heavy (non-hydrogen) atoms. The van der Waals surface area contributed by atoms with Crippen molar-refractivity contribution in [3.8, 4) is 11.5 Å². The Morgan fingerprint density at radius 1 is 1.00 bits per heavy atom. The Bertz CT molecular complexity index is 952. The van der Waals surface area contributed by atoms with E-state index in [4.69, 9.17) is 9.73 Å². The highest BCUT2D eigenvalue weighted by molar-refractivity contribution is 14.0. The summed E-state index contributed by atoms with van der Waals surface area (Å²) in [7, 11) is 1.97. The van der Waals surface area contributed by atoms with Gasteiger partial charge in [-0.2, -0.15) is 5.10 Å². The standard InChI is InChI=1S/C23H29N5O.HI/c1-5-24-23(26-16-22-17(2)27-28(4)18(22)3)25-15-19-11-13-21(14-12-19)29-20-9-7-6-8-10-20;/h6-14H,5,15-16H2,1-4H3,(H2,24,25,26);1H. The number of rotatable bonds is 7. The molecule has 0 amide bonds. The van der Waals surface area contributed by atoms with E-state index in [0.717, 1.165) is 35.3 Å². The highest BCUT2D eigenvalue weighted by Gasteiger charge is 2.09. The lowest BCUT2D eigenvalue weighted by Crippen LogP contribution is -2.37. The van der Waals surface area contributed by atoms with Crippen molar-refractivity contribution in [3.63, 3.8) is 0 Å². The summed E-state index contributed by atoms with van der Waals surface area (Å²) in [6.45, 7) is 8.27. The maximum Gasteiger partial charge on any atom is 0.191 e. The summed E-state index contributed by atoms with van der Waals surface area (Å²) in [5, 5.41) is 11.2. The van der Waals surface area contributed by atoms with Crippen LogP contribution >= 0.6 is 24.0 Å². The van der Waals surface area contributed by atoms with Gasteiger partial charge in [0.1, 0.15) is 11.5 Å². The van der Waals surface area contributed by atoms with E-state index < -0.39 is 0 Å². The lowest BCUT2D eigenvalue weighted by molar-refractivity contribution is 0.482. The van der Waals surface area contributed by atoms with E-state index in [1.807, 2.05) is 73.3 Å². The normalized spacial score (nSPS) is 11.0. The number of halogens is 1. The van der Waals surface area contributed by atoms with Crippen LogP contribution in [0.1, 0.15) is 29.4 Å². The van der Waals surface area contributed by atoms with Gasteiger partial charge in [-0.15, -0.1) is 24.0 Å². The van der Waals surface area contributed by atoms with Gasteiger partial charge in [0.05, 0.1) is 12.2 Å².